The summed E-state index contributed by atoms with van der Waals surface area (Å²) in [6.07, 6.45) is 3.97. The maximum Gasteiger partial charge on any atom is 0.251 e. The fraction of sp³-hybridized carbons (Fsp3) is 0.300. The fourth-order valence-electron chi connectivity index (χ4n) is 2.54. The highest BCUT2D eigenvalue weighted by atomic mass is 35.5. The van der Waals surface area contributed by atoms with Crippen molar-refractivity contribution in [3.63, 3.8) is 0 Å². The predicted octanol–water partition coefficient (Wildman–Crippen LogP) is 3.53. The summed E-state index contributed by atoms with van der Waals surface area (Å²) in [5.41, 5.74) is 8.63. The monoisotopic (exact) mass is 424 g/mol. The van der Waals surface area contributed by atoms with Gasteiger partial charge in [-0.05, 0) is 50.6 Å². The van der Waals surface area contributed by atoms with Gasteiger partial charge in [-0.3, -0.25) is 4.79 Å². The summed E-state index contributed by atoms with van der Waals surface area (Å²) in [6.45, 7) is 6.51. The lowest BCUT2D eigenvalue weighted by Crippen LogP contribution is -2.48. The van der Waals surface area contributed by atoms with Gasteiger partial charge in [-0.25, -0.2) is 4.98 Å². The Kier molecular flexibility index (Phi) is 8.29. The molecule has 0 fully saturated rings. The molecule has 0 atom stereocenters. The molecule has 152 valence electrons. The minimum Gasteiger partial charge on any atom is -0.487 e. The number of aryl methyl sites for hydroxylation is 1. The van der Waals surface area contributed by atoms with Gasteiger partial charge < -0.3 is 20.2 Å². The largest absolute Gasteiger partial charge is 0.487 e. The number of aromatic nitrogens is 2. The van der Waals surface area contributed by atoms with Crippen LogP contribution in [0.2, 0.25) is 0 Å². The van der Waals surface area contributed by atoms with Gasteiger partial charge in [0.1, 0.15) is 18.0 Å². The molecular weight excluding hydrogens is 399 g/mol. The van der Waals surface area contributed by atoms with Crippen LogP contribution in [0.3, 0.4) is 0 Å². The number of amides is 1. The van der Waals surface area contributed by atoms with Gasteiger partial charge in [-0.2, -0.15) is 0 Å². The highest BCUT2D eigenvalue weighted by Crippen LogP contribution is 2.16. The molecule has 0 aliphatic carbocycles. The maximum absolute atomic E-state index is 12.4. The van der Waals surface area contributed by atoms with Gasteiger partial charge in [-0.15, -0.1) is 24.8 Å². The highest BCUT2D eigenvalue weighted by Gasteiger charge is 2.19. The molecule has 0 aliphatic heterocycles. The Morgan fingerprint density at radius 1 is 1.21 bits per heavy atom. The molecule has 0 spiro atoms. The number of hydrogen-bond acceptors (Lipinski definition) is 4. The van der Waals surface area contributed by atoms with Gasteiger partial charge in [-0.1, -0.05) is 12.1 Å². The van der Waals surface area contributed by atoms with Crippen LogP contribution in [0.15, 0.2) is 48.8 Å². The van der Waals surface area contributed by atoms with Gasteiger partial charge in [0.2, 0.25) is 0 Å². The number of nitrogens with two attached hydrogens (primary N) is 1. The molecule has 3 N–H and O–H groups in total. The standard InChI is InChI=1S/C20H24N4O2.2ClH/c1-14-7-8-18-22-16(11-24(18)10-14)12-26-17-6-4-5-15(9-17)19(25)23-20(2,3)13-21;;/h4-11H,12-13,21H2,1-3H3,(H,23,25);2*1H. The number of fused-ring (bicyclic) bond motifs is 1. The average Bonchev–Trinajstić information content (AvgIpc) is 3.02. The minimum atomic E-state index is -0.456. The maximum atomic E-state index is 12.4. The van der Waals surface area contributed by atoms with Crippen molar-refractivity contribution < 1.29 is 9.53 Å². The number of carbonyl (C=O) groups is 1. The molecule has 0 unspecified atom stereocenters. The van der Waals surface area contributed by atoms with Crippen molar-refractivity contribution in [2.45, 2.75) is 32.9 Å². The van der Waals surface area contributed by atoms with Crippen molar-refractivity contribution >= 4 is 36.4 Å². The molecule has 0 aliphatic rings. The van der Waals surface area contributed by atoms with Gasteiger partial charge in [0.15, 0.2) is 0 Å². The Balaban J connectivity index is 0.00000196. The van der Waals surface area contributed by atoms with Crippen LogP contribution in [0.4, 0.5) is 0 Å². The summed E-state index contributed by atoms with van der Waals surface area (Å²) < 4.78 is 7.80. The second-order valence-electron chi connectivity index (χ2n) is 7.06. The number of carbonyl (C=O) groups excluding carboxylic acids is 1. The number of hydrogen-bond donors (Lipinski definition) is 2. The molecule has 1 aromatic carbocycles. The van der Waals surface area contributed by atoms with Gasteiger partial charge in [0.05, 0.1) is 5.69 Å². The van der Waals surface area contributed by atoms with E-state index in [0.29, 0.717) is 24.5 Å². The van der Waals surface area contributed by atoms with Crippen molar-refractivity contribution in [1.29, 1.82) is 0 Å². The molecule has 2 aromatic heterocycles. The molecule has 8 heteroatoms. The van der Waals surface area contributed by atoms with Gasteiger partial charge in [0.25, 0.3) is 5.91 Å². The molecule has 28 heavy (non-hydrogen) atoms. The molecule has 6 nitrogen and oxygen atoms in total. The first-order chi connectivity index (χ1) is 12.4. The summed E-state index contributed by atoms with van der Waals surface area (Å²) in [5.74, 6) is 0.450. The third kappa shape index (κ3) is 5.86. The van der Waals surface area contributed by atoms with E-state index < -0.39 is 5.54 Å². The quantitative estimate of drug-likeness (QED) is 0.633. The van der Waals surface area contributed by atoms with E-state index in [9.17, 15) is 4.79 Å². The van der Waals surface area contributed by atoms with Crippen molar-refractivity contribution in [3.8, 4) is 5.75 Å². The third-order valence-corrected chi connectivity index (χ3v) is 4.09. The van der Waals surface area contributed by atoms with Gasteiger partial charge >= 0.3 is 0 Å². The molecule has 3 rings (SSSR count). The summed E-state index contributed by atoms with van der Waals surface area (Å²) in [5, 5.41) is 2.91. The van der Waals surface area contributed by atoms with Gasteiger partial charge in [0, 0.05) is 30.0 Å². The first-order valence-corrected chi connectivity index (χ1v) is 8.56. The van der Waals surface area contributed by atoms with Crippen LogP contribution in [0, 0.1) is 6.92 Å². The van der Waals surface area contributed by atoms with E-state index in [0.717, 1.165) is 11.3 Å². The molecular formula is C20H26Cl2N4O2. The number of pyridine rings is 1. The van der Waals surface area contributed by atoms with E-state index in [1.165, 1.54) is 5.56 Å². The zero-order chi connectivity index (χ0) is 18.7. The molecule has 0 bridgehead atoms. The van der Waals surface area contributed by atoms with Crippen molar-refractivity contribution in [1.82, 2.24) is 14.7 Å². The van der Waals surface area contributed by atoms with Crippen LogP contribution < -0.4 is 15.8 Å². The first kappa shape index (κ1) is 23.8. The van der Waals surface area contributed by atoms with Crippen LogP contribution >= 0.6 is 24.8 Å². The van der Waals surface area contributed by atoms with Crippen LogP contribution in [0.25, 0.3) is 5.65 Å². The SMILES string of the molecule is Cc1ccc2nc(COc3cccc(C(=O)NC(C)(C)CN)c3)cn2c1.Cl.Cl. The lowest BCUT2D eigenvalue weighted by Gasteiger charge is -2.24. The molecule has 2 heterocycles. The third-order valence-electron chi connectivity index (χ3n) is 4.09. The highest BCUT2D eigenvalue weighted by molar-refractivity contribution is 5.95. The van der Waals surface area contributed by atoms with Crippen LogP contribution in [0.5, 0.6) is 5.75 Å². The molecule has 3 aromatic rings. The Morgan fingerprint density at radius 3 is 2.68 bits per heavy atom. The summed E-state index contributed by atoms with van der Waals surface area (Å²) >= 11 is 0. The Bertz CT molecular complexity index is 941. The van der Waals surface area contributed by atoms with E-state index in [1.54, 1.807) is 18.2 Å². The van der Waals surface area contributed by atoms with E-state index in [-0.39, 0.29) is 30.7 Å². The zero-order valence-corrected chi connectivity index (χ0v) is 17.8. The summed E-state index contributed by atoms with van der Waals surface area (Å²) in [6, 6.07) is 11.1. The normalized spacial score (nSPS) is 10.7. The molecule has 1 amide bonds. The van der Waals surface area contributed by atoms with Crippen molar-refractivity contribution in [2.75, 3.05) is 6.54 Å². The topological polar surface area (TPSA) is 81.6 Å². The zero-order valence-electron chi connectivity index (χ0n) is 16.1. The number of imidazole rings is 1. The molecule has 0 saturated heterocycles. The van der Waals surface area contributed by atoms with E-state index in [4.69, 9.17) is 10.5 Å². The minimum absolute atomic E-state index is 0. The lowest BCUT2D eigenvalue weighted by molar-refractivity contribution is 0.0915. The Hall–Kier alpha value is -2.28. The van der Waals surface area contributed by atoms with E-state index >= 15 is 0 Å². The Labute approximate surface area is 177 Å². The van der Waals surface area contributed by atoms with E-state index in [2.05, 4.69) is 10.3 Å². The Morgan fingerprint density at radius 2 is 1.96 bits per heavy atom. The molecule has 0 radical (unpaired) electrons. The fourth-order valence-corrected chi connectivity index (χ4v) is 2.54. The van der Waals surface area contributed by atoms with Crippen LogP contribution in [-0.4, -0.2) is 27.4 Å². The number of halogens is 2. The predicted molar refractivity (Wildman–Crippen MR) is 116 cm³/mol. The average molecular weight is 425 g/mol. The number of rotatable bonds is 6. The van der Waals surface area contributed by atoms with E-state index in [1.807, 2.05) is 55.8 Å². The number of nitrogens with one attached hydrogen (secondary N) is 1. The smallest absolute Gasteiger partial charge is 0.251 e. The van der Waals surface area contributed by atoms with Crippen LogP contribution in [0.1, 0.15) is 35.5 Å². The van der Waals surface area contributed by atoms with Crippen molar-refractivity contribution in [3.05, 3.63) is 65.6 Å². The second-order valence-corrected chi connectivity index (χ2v) is 7.06. The van der Waals surface area contributed by atoms with Crippen molar-refractivity contribution in [2.24, 2.45) is 5.73 Å². The summed E-state index contributed by atoms with van der Waals surface area (Å²) in [7, 11) is 0. The first-order valence-electron chi connectivity index (χ1n) is 8.56. The number of nitrogens with zero attached hydrogens (tertiary/aromatic N) is 2. The lowest BCUT2D eigenvalue weighted by atomic mass is 10.1. The number of ether oxygens (including phenoxy) is 1. The van der Waals surface area contributed by atoms with Crippen LogP contribution in [-0.2, 0) is 6.61 Å². The molecule has 0 saturated carbocycles. The summed E-state index contributed by atoms with van der Waals surface area (Å²) in [4.78, 5) is 16.9. The second kappa shape index (κ2) is 9.78. The number of benzene rings is 1.